The molecule has 0 bridgehead atoms. The number of fused-ring (bicyclic) bond motifs is 4. The van der Waals surface area contributed by atoms with Crippen LogP contribution in [-0.2, 0) is 0 Å². The zero-order chi connectivity index (χ0) is 19.5. The third-order valence-corrected chi connectivity index (χ3v) is 10.5. The number of rotatable bonds is 2. The van der Waals surface area contributed by atoms with Crippen LogP contribution in [0.15, 0.2) is 67.0 Å². The predicted octanol–water partition coefficient (Wildman–Crippen LogP) is 6.21. The molecule has 0 aliphatic rings. The van der Waals surface area contributed by atoms with E-state index in [2.05, 4.69) is 57.6 Å². The van der Waals surface area contributed by atoms with Crippen LogP contribution in [0.25, 0.3) is 42.3 Å². The number of thiophene rings is 1. The zero-order valence-corrected chi connectivity index (χ0v) is 18.5. The molecule has 0 aliphatic heterocycles. The van der Waals surface area contributed by atoms with Crippen molar-refractivity contribution in [2.45, 2.75) is 17.3 Å². The first kappa shape index (κ1) is 15.8. The first-order valence-electron chi connectivity index (χ1n) is 9.59. The van der Waals surface area contributed by atoms with Crippen LogP contribution in [0.5, 0.6) is 0 Å². The van der Waals surface area contributed by atoms with Crippen LogP contribution in [-0.4, -0.2) is 23.2 Å². The summed E-state index contributed by atoms with van der Waals surface area (Å²) in [4.78, 5) is 9.22. The quantitative estimate of drug-likeness (QED) is 0.312. The number of hydrogen-bond donors (Lipinski definition) is 0. The van der Waals surface area contributed by atoms with Crippen LogP contribution in [0.2, 0.25) is 17.3 Å². The van der Waals surface area contributed by atoms with Gasteiger partial charge in [0.2, 0.25) is 0 Å². The molecule has 4 heteroatoms. The van der Waals surface area contributed by atoms with Crippen molar-refractivity contribution >= 4 is 60.1 Å². The second-order valence-corrected chi connectivity index (χ2v) is 19.6. The van der Waals surface area contributed by atoms with E-state index in [1.165, 1.54) is 14.5 Å². The summed E-state index contributed by atoms with van der Waals surface area (Å²) in [5.41, 5.74) is 2.92. The number of aromatic nitrogens is 2. The Morgan fingerprint density at radius 3 is 2.56 bits per heavy atom. The summed E-state index contributed by atoms with van der Waals surface area (Å²) in [6.07, 6.45) is 1.65. The Balaban J connectivity index is 1.78. The van der Waals surface area contributed by atoms with Gasteiger partial charge in [-0.2, -0.15) is 0 Å². The average Bonchev–Trinajstić information content (AvgIpc) is 3.05. The molecule has 3 aromatic carbocycles. The number of hydrogen-bond acceptors (Lipinski definition) is 3. The fourth-order valence-electron chi connectivity index (χ4n) is 3.50. The molecule has 0 radical (unpaired) electrons. The van der Waals surface area contributed by atoms with Gasteiger partial charge < -0.3 is 0 Å². The van der Waals surface area contributed by atoms with Crippen LogP contribution >= 0.6 is 11.3 Å². The van der Waals surface area contributed by atoms with Crippen LogP contribution in [0.3, 0.4) is 0 Å². The molecule has 0 saturated heterocycles. The Labute approximate surface area is 166 Å². The standard InChI is InChI=1S/C23H20GeN2S/c1-24(2,3)18-10-11-19-20(13-18)27-23-21(25-14-26-22(19)23)17-9-8-15-6-4-5-7-16(15)12-17/h4-14H,1-3H3/i8D. The Bertz CT molecular complexity index is 1370. The topological polar surface area (TPSA) is 25.8 Å². The van der Waals surface area contributed by atoms with E-state index >= 15 is 0 Å². The molecule has 2 aromatic heterocycles. The van der Waals surface area contributed by atoms with Crippen molar-refractivity contribution in [2.24, 2.45) is 0 Å². The average molecular weight is 430 g/mol. The first-order chi connectivity index (χ1) is 13.4. The molecule has 0 unspecified atom stereocenters. The minimum atomic E-state index is -1.89. The molecule has 2 nitrogen and oxygen atoms in total. The van der Waals surface area contributed by atoms with E-state index in [9.17, 15) is 0 Å². The van der Waals surface area contributed by atoms with E-state index in [0.717, 1.165) is 32.2 Å². The maximum atomic E-state index is 8.43. The van der Waals surface area contributed by atoms with E-state index in [-0.39, 0.29) is 0 Å². The molecule has 2 heterocycles. The van der Waals surface area contributed by atoms with Crippen LogP contribution in [0, 0.1) is 0 Å². The van der Waals surface area contributed by atoms with Gasteiger partial charge in [-0.1, -0.05) is 0 Å². The molecule has 0 amide bonds. The molecule has 0 aliphatic carbocycles. The van der Waals surface area contributed by atoms with E-state index in [0.29, 0.717) is 6.04 Å². The van der Waals surface area contributed by atoms with Crippen molar-refractivity contribution < 1.29 is 1.37 Å². The van der Waals surface area contributed by atoms with Gasteiger partial charge in [-0.25, -0.2) is 0 Å². The molecule has 0 N–H and O–H groups in total. The second kappa shape index (κ2) is 6.14. The van der Waals surface area contributed by atoms with E-state index in [1.54, 1.807) is 17.7 Å². The summed E-state index contributed by atoms with van der Waals surface area (Å²) < 4.78 is 12.3. The van der Waals surface area contributed by atoms with Gasteiger partial charge >= 0.3 is 167 Å². The predicted molar refractivity (Wildman–Crippen MR) is 121 cm³/mol. The Morgan fingerprint density at radius 1 is 0.926 bits per heavy atom. The van der Waals surface area contributed by atoms with Gasteiger partial charge in [-0.05, 0) is 0 Å². The van der Waals surface area contributed by atoms with Gasteiger partial charge in [-0.3, -0.25) is 0 Å². The summed E-state index contributed by atoms with van der Waals surface area (Å²) in [5.74, 6) is 7.26. The summed E-state index contributed by atoms with van der Waals surface area (Å²) >= 11 is -0.118. The van der Waals surface area contributed by atoms with Gasteiger partial charge in [0.1, 0.15) is 0 Å². The molecule has 27 heavy (non-hydrogen) atoms. The van der Waals surface area contributed by atoms with Crippen molar-refractivity contribution in [1.29, 1.82) is 0 Å². The van der Waals surface area contributed by atoms with Crippen LogP contribution in [0.1, 0.15) is 1.37 Å². The first-order valence-corrected chi connectivity index (χ1v) is 17.3. The van der Waals surface area contributed by atoms with Crippen molar-refractivity contribution in [3.8, 4) is 11.3 Å². The molecule has 0 atom stereocenters. The molecule has 0 saturated carbocycles. The Hall–Kier alpha value is -2.24. The monoisotopic (exact) mass is 431 g/mol. The zero-order valence-electron chi connectivity index (χ0n) is 16.6. The van der Waals surface area contributed by atoms with Gasteiger partial charge in [-0.15, -0.1) is 0 Å². The molecular weight excluding hydrogens is 409 g/mol. The minimum absolute atomic E-state index is 0.532. The van der Waals surface area contributed by atoms with Crippen molar-refractivity contribution in [3.05, 3.63) is 67.0 Å². The van der Waals surface area contributed by atoms with E-state index < -0.39 is 13.3 Å². The Kier molecular flexibility index (Phi) is 3.59. The fraction of sp³-hybridized carbons (Fsp3) is 0.130. The summed E-state index contributed by atoms with van der Waals surface area (Å²) in [6, 6.07) is 19.5. The molecule has 5 rings (SSSR count). The molecule has 132 valence electrons. The Morgan fingerprint density at radius 2 is 1.74 bits per heavy atom. The fourth-order valence-corrected chi connectivity index (χ4v) is 7.36. The van der Waals surface area contributed by atoms with E-state index in [4.69, 9.17) is 1.37 Å². The van der Waals surface area contributed by atoms with Crippen molar-refractivity contribution in [2.75, 3.05) is 0 Å². The second-order valence-electron chi connectivity index (χ2n) is 7.94. The third-order valence-electron chi connectivity index (χ3n) is 5.05. The molecule has 0 spiro atoms. The molecule has 5 aromatic rings. The van der Waals surface area contributed by atoms with Crippen molar-refractivity contribution in [3.63, 3.8) is 0 Å². The van der Waals surface area contributed by atoms with Crippen LogP contribution < -0.4 is 4.40 Å². The number of nitrogens with zero attached hydrogens (tertiary/aromatic N) is 2. The number of benzene rings is 3. The summed E-state index contributed by atoms with van der Waals surface area (Å²) in [6.45, 7) is 0. The normalized spacial score (nSPS) is 12.8. The van der Waals surface area contributed by atoms with Crippen molar-refractivity contribution in [1.82, 2.24) is 9.97 Å². The van der Waals surface area contributed by atoms with Gasteiger partial charge in [0.15, 0.2) is 0 Å². The summed E-state index contributed by atoms with van der Waals surface area (Å²) in [5, 5.41) is 3.24. The van der Waals surface area contributed by atoms with Crippen LogP contribution in [0.4, 0.5) is 0 Å². The van der Waals surface area contributed by atoms with Gasteiger partial charge in [0.05, 0.1) is 0 Å². The maximum absolute atomic E-state index is 8.43. The van der Waals surface area contributed by atoms with Gasteiger partial charge in [0.25, 0.3) is 0 Å². The van der Waals surface area contributed by atoms with E-state index in [1.807, 2.05) is 24.3 Å². The molecule has 0 fully saturated rings. The summed E-state index contributed by atoms with van der Waals surface area (Å²) in [7, 11) is 0. The molecular formula is C23H20GeN2S. The SMILES string of the molecule is [2H]c1cc(-c2ncnc3c2sc2c[c]([Ge]([CH3])([CH3])[CH3])ccc23)cc2ccccc12. The van der Waals surface area contributed by atoms with Gasteiger partial charge in [0, 0.05) is 0 Å². The third kappa shape index (κ3) is 2.86.